The van der Waals surface area contributed by atoms with Crippen LogP contribution >= 0.6 is 23.4 Å². The van der Waals surface area contributed by atoms with Crippen LogP contribution in [0.2, 0.25) is 5.15 Å². The fourth-order valence-corrected chi connectivity index (χ4v) is 4.75. The van der Waals surface area contributed by atoms with Crippen LogP contribution in [0.1, 0.15) is 18.9 Å². The molecule has 3 heterocycles. The van der Waals surface area contributed by atoms with Gasteiger partial charge < -0.3 is 19.3 Å². The van der Waals surface area contributed by atoms with E-state index < -0.39 is 0 Å². The minimum Gasteiger partial charge on any atom is -0.454 e. The zero-order chi connectivity index (χ0) is 22.5. The third-order valence-electron chi connectivity index (χ3n) is 5.50. The van der Waals surface area contributed by atoms with Gasteiger partial charge in [0.25, 0.3) is 0 Å². The number of piperazine rings is 1. The van der Waals surface area contributed by atoms with Gasteiger partial charge in [0, 0.05) is 52.4 Å². The van der Waals surface area contributed by atoms with Gasteiger partial charge in [-0.15, -0.1) is 0 Å². The van der Waals surface area contributed by atoms with Crippen LogP contribution in [0.25, 0.3) is 0 Å². The summed E-state index contributed by atoms with van der Waals surface area (Å²) in [5, 5.41) is 0.926. The Morgan fingerprint density at radius 1 is 1.16 bits per heavy atom. The summed E-state index contributed by atoms with van der Waals surface area (Å²) in [7, 11) is 1.98. The molecule has 0 bridgehead atoms. The van der Waals surface area contributed by atoms with E-state index >= 15 is 0 Å². The molecule has 0 spiro atoms. The van der Waals surface area contributed by atoms with Gasteiger partial charge in [-0.05, 0) is 24.1 Å². The number of rotatable bonds is 8. The number of anilines is 1. The number of ether oxygens (including phenoxy) is 2. The molecule has 1 aromatic carbocycles. The number of fused-ring (bicyclic) bond motifs is 1. The summed E-state index contributed by atoms with van der Waals surface area (Å²) < 4.78 is 10.8. The maximum atomic E-state index is 12.7. The number of hydrogen-bond acceptors (Lipinski definition) is 8. The number of amides is 1. The SMILES string of the molecule is CCCN(C)c1cc(Cl)nc(SCC(=O)N2CCN(Cc3ccc4c(c3)OCO4)CC2)n1. The van der Waals surface area contributed by atoms with Crippen LogP contribution in [-0.4, -0.2) is 78.0 Å². The van der Waals surface area contributed by atoms with Crippen LogP contribution in [0.4, 0.5) is 5.82 Å². The van der Waals surface area contributed by atoms with Gasteiger partial charge in [0.15, 0.2) is 16.7 Å². The lowest BCUT2D eigenvalue weighted by Crippen LogP contribution is -2.48. The van der Waals surface area contributed by atoms with Crippen molar-refractivity contribution < 1.29 is 14.3 Å². The molecule has 10 heteroatoms. The molecule has 8 nitrogen and oxygen atoms in total. The average Bonchev–Trinajstić information content (AvgIpc) is 3.26. The monoisotopic (exact) mass is 477 g/mol. The second-order valence-corrected chi connectivity index (χ2v) is 9.22. The summed E-state index contributed by atoms with van der Waals surface area (Å²) in [5.41, 5.74) is 1.19. The zero-order valence-electron chi connectivity index (χ0n) is 18.4. The predicted octanol–water partition coefficient (Wildman–Crippen LogP) is 3.14. The first-order valence-corrected chi connectivity index (χ1v) is 12.2. The molecular weight excluding hydrogens is 450 g/mol. The van der Waals surface area contributed by atoms with Gasteiger partial charge >= 0.3 is 0 Å². The average molecular weight is 478 g/mol. The number of carbonyl (C=O) groups is 1. The molecule has 0 saturated carbocycles. The molecule has 0 N–H and O–H groups in total. The van der Waals surface area contributed by atoms with Crippen LogP contribution in [0.5, 0.6) is 11.5 Å². The lowest BCUT2D eigenvalue weighted by atomic mass is 10.1. The Labute approximate surface area is 197 Å². The van der Waals surface area contributed by atoms with Crippen LogP contribution in [-0.2, 0) is 11.3 Å². The Morgan fingerprint density at radius 3 is 2.72 bits per heavy atom. The Morgan fingerprint density at radius 2 is 1.94 bits per heavy atom. The van der Waals surface area contributed by atoms with Crippen molar-refractivity contribution in [3.05, 3.63) is 35.0 Å². The number of benzene rings is 1. The highest BCUT2D eigenvalue weighted by atomic mass is 35.5. The smallest absolute Gasteiger partial charge is 0.233 e. The van der Waals surface area contributed by atoms with Gasteiger partial charge in [-0.3, -0.25) is 9.69 Å². The molecule has 0 aliphatic carbocycles. The van der Waals surface area contributed by atoms with Gasteiger partial charge in [0.05, 0.1) is 5.75 Å². The molecule has 4 rings (SSSR count). The zero-order valence-corrected chi connectivity index (χ0v) is 20.0. The van der Waals surface area contributed by atoms with E-state index in [9.17, 15) is 4.79 Å². The van der Waals surface area contributed by atoms with Crippen LogP contribution in [0.15, 0.2) is 29.4 Å². The number of hydrogen-bond donors (Lipinski definition) is 0. The molecule has 172 valence electrons. The maximum Gasteiger partial charge on any atom is 0.233 e. The molecule has 1 amide bonds. The van der Waals surface area contributed by atoms with Gasteiger partial charge in [-0.25, -0.2) is 9.97 Å². The first kappa shape index (κ1) is 22.9. The lowest BCUT2D eigenvalue weighted by Gasteiger charge is -2.34. The van der Waals surface area contributed by atoms with Gasteiger partial charge in [0.2, 0.25) is 12.7 Å². The van der Waals surface area contributed by atoms with Crippen molar-refractivity contribution in [3.8, 4) is 11.5 Å². The molecular formula is C22H28ClN5O3S. The quantitative estimate of drug-likeness (QED) is 0.326. The van der Waals surface area contributed by atoms with Crippen LogP contribution in [0.3, 0.4) is 0 Å². The van der Waals surface area contributed by atoms with E-state index in [0.717, 1.165) is 49.9 Å². The Kier molecular flexibility index (Phi) is 7.59. The fourth-order valence-electron chi connectivity index (χ4n) is 3.77. The van der Waals surface area contributed by atoms with Gasteiger partial charge in [-0.1, -0.05) is 36.4 Å². The van der Waals surface area contributed by atoms with Gasteiger partial charge in [-0.2, -0.15) is 0 Å². The summed E-state index contributed by atoms with van der Waals surface area (Å²) in [5.74, 6) is 2.79. The predicted molar refractivity (Wildman–Crippen MR) is 126 cm³/mol. The highest BCUT2D eigenvalue weighted by molar-refractivity contribution is 7.99. The van der Waals surface area contributed by atoms with Crippen molar-refractivity contribution in [2.75, 3.05) is 57.2 Å². The topological polar surface area (TPSA) is 71.0 Å². The Balaban J connectivity index is 1.25. The van der Waals surface area contributed by atoms with E-state index in [4.69, 9.17) is 21.1 Å². The van der Waals surface area contributed by atoms with E-state index in [1.165, 1.54) is 17.3 Å². The first-order valence-electron chi connectivity index (χ1n) is 10.8. The fraction of sp³-hybridized carbons (Fsp3) is 0.500. The third-order valence-corrected chi connectivity index (χ3v) is 6.53. The second-order valence-electron chi connectivity index (χ2n) is 7.89. The summed E-state index contributed by atoms with van der Waals surface area (Å²) in [6.07, 6.45) is 1.01. The normalized spacial score (nSPS) is 15.8. The number of aromatic nitrogens is 2. The third kappa shape index (κ3) is 5.76. The molecule has 0 radical (unpaired) electrons. The molecule has 2 aliphatic heterocycles. The second kappa shape index (κ2) is 10.6. The van der Waals surface area contributed by atoms with E-state index in [1.54, 1.807) is 6.07 Å². The van der Waals surface area contributed by atoms with E-state index in [1.807, 2.05) is 29.0 Å². The van der Waals surface area contributed by atoms with E-state index in [0.29, 0.717) is 29.2 Å². The molecule has 0 atom stereocenters. The van der Waals surface area contributed by atoms with Crippen LogP contribution in [0, 0.1) is 0 Å². The van der Waals surface area contributed by atoms with Crippen molar-refractivity contribution in [3.63, 3.8) is 0 Å². The number of carbonyl (C=O) groups excluding carboxylic acids is 1. The lowest BCUT2D eigenvalue weighted by molar-refractivity contribution is -0.130. The Hall–Kier alpha value is -2.23. The summed E-state index contributed by atoms with van der Waals surface area (Å²) in [6.45, 7) is 7.21. The van der Waals surface area contributed by atoms with Crippen molar-refractivity contribution in [1.29, 1.82) is 0 Å². The van der Waals surface area contributed by atoms with Crippen molar-refractivity contribution in [2.24, 2.45) is 0 Å². The maximum absolute atomic E-state index is 12.7. The molecule has 32 heavy (non-hydrogen) atoms. The minimum absolute atomic E-state index is 0.102. The summed E-state index contributed by atoms with van der Waals surface area (Å²) in [6, 6.07) is 7.81. The standard InChI is InChI=1S/C22H28ClN5O3S/c1-3-6-26(2)20-12-19(23)24-22(25-20)32-14-21(29)28-9-7-27(8-10-28)13-16-4-5-17-18(11-16)31-15-30-17/h4-5,11-12H,3,6-10,13-15H2,1-2H3. The minimum atomic E-state index is 0.102. The van der Waals surface area contributed by atoms with Crippen molar-refractivity contribution in [1.82, 2.24) is 19.8 Å². The summed E-state index contributed by atoms with van der Waals surface area (Å²) in [4.78, 5) is 27.9. The number of thioether (sulfide) groups is 1. The number of halogens is 1. The molecule has 2 aliphatic rings. The largest absolute Gasteiger partial charge is 0.454 e. The first-order chi connectivity index (χ1) is 15.5. The van der Waals surface area contributed by atoms with E-state index in [2.05, 4.69) is 27.9 Å². The molecule has 1 fully saturated rings. The number of nitrogens with zero attached hydrogens (tertiary/aromatic N) is 5. The van der Waals surface area contributed by atoms with Crippen molar-refractivity contribution >= 4 is 35.1 Å². The molecule has 2 aromatic rings. The molecule has 0 unspecified atom stereocenters. The highest BCUT2D eigenvalue weighted by Crippen LogP contribution is 2.33. The van der Waals surface area contributed by atoms with E-state index in [-0.39, 0.29) is 12.7 Å². The highest BCUT2D eigenvalue weighted by Gasteiger charge is 2.22. The van der Waals surface area contributed by atoms with Gasteiger partial charge in [0.1, 0.15) is 11.0 Å². The van der Waals surface area contributed by atoms with Crippen LogP contribution < -0.4 is 14.4 Å². The summed E-state index contributed by atoms with van der Waals surface area (Å²) >= 11 is 7.50. The molecule has 1 saturated heterocycles. The Bertz CT molecular complexity index is 955. The molecule has 1 aromatic heterocycles. The van der Waals surface area contributed by atoms with Crippen molar-refractivity contribution in [2.45, 2.75) is 25.0 Å².